The second-order valence-electron chi connectivity index (χ2n) is 6.53. The summed E-state index contributed by atoms with van der Waals surface area (Å²) in [6.45, 7) is 7.26. The number of benzene rings is 1. The van der Waals surface area contributed by atoms with Gasteiger partial charge >= 0.3 is 0 Å². The molecule has 102 valence electrons. The van der Waals surface area contributed by atoms with Crippen molar-refractivity contribution in [2.45, 2.75) is 31.6 Å². The van der Waals surface area contributed by atoms with Crippen LogP contribution < -0.4 is 10.2 Å². The Balaban J connectivity index is 1.59. The van der Waals surface area contributed by atoms with E-state index in [1.165, 1.54) is 51.1 Å². The van der Waals surface area contributed by atoms with Gasteiger partial charge in [-0.2, -0.15) is 0 Å². The summed E-state index contributed by atoms with van der Waals surface area (Å²) in [5.41, 5.74) is 3.49. The Morgan fingerprint density at radius 3 is 2.58 bits per heavy atom. The molecule has 2 heterocycles. The Kier molecular flexibility index (Phi) is 2.63. The number of hydrogen-bond donors (Lipinski definition) is 1. The van der Waals surface area contributed by atoms with Gasteiger partial charge in [0.15, 0.2) is 0 Å². The fourth-order valence-electron chi connectivity index (χ4n) is 4.76. The van der Waals surface area contributed by atoms with Gasteiger partial charge in [-0.05, 0) is 48.9 Å². The van der Waals surface area contributed by atoms with Gasteiger partial charge < -0.3 is 10.2 Å². The van der Waals surface area contributed by atoms with Gasteiger partial charge in [0.2, 0.25) is 0 Å². The smallest absolute Gasteiger partial charge is 0.0366 e. The summed E-state index contributed by atoms with van der Waals surface area (Å²) in [4.78, 5) is 2.52. The number of nitrogens with zero attached hydrogens (tertiary/aromatic N) is 1. The standard InChI is InChI=1S/C17H24N2/c1-2-15-16-11-18-12-17(15,16)13-5-7-14(8-6-13)19-9-3-4-10-19/h5-8,15-16,18H,2-4,9-12H2,1H3. The zero-order valence-electron chi connectivity index (χ0n) is 11.9. The normalized spacial score (nSPS) is 36.6. The second kappa shape index (κ2) is 4.24. The first kappa shape index (κ1) is 11.8. The summed E-state index contributed by atoms with van der Waals surface area (Å²) in [5.74, 6) is 1.82. The van der Waals surface area contributed by atoms with Crippen molar-refractivity contribution in [2.75, 3.05) is 31.1 Å². The van der Waals surface area contributed by atoms with Crippen LogP contribution in [-0.4, -0.2) is 26.2 Å². The van der Waals surface area contributed by atoms with E-state index < -0.39 is 0 Å². The van der Waals surface area contributed by atoms with E-state index in [2.05, 4.69) is 41.4 Å². The van der Waals surface area contributed by atoms with E-state index in [-0.39, 0.29) is 0 Å². The van der Waals surface area contributed by atoms with Crippen molar-refractivity contribution in [3.63, 3.8) is 0 Å². The van der Waals surface area contributed by atoms with Gasteiger partial charge in [0.1, 0.15) is 0 Å². The Labute approximate surface area is 116 Å². The molecule has 0 amide bonds. The molecule has 19 heavy (non-hydrogen) atoms. The average Bonchev–Trinajstić information content (AvgIpc) is 2.89. The molecule has 1 aliphatic carbocycles. The monoisotopic (exact) mass is 256 g/mol. The SMILES string of the molecule is CCC1C2CNCC12c1ccc(N2CCCC2)cc1. The molecule has 0 spiro atoms. The zero-order chi connectivity index (χ0) is 12.9. The van der Waals surface area contributed by atoms with Crippen molar-refractivity contribution < 1.29 is 0 Å². The molecule has 4 rings (SSSR count). The maximum Gasteiger partial charge on any atom is 0.0366 e. The number of piperidine rings is 1. The lowest BCUT2D eigenvalue weighted by Crippen LogP contribution is -2.23. The molecule has 1 aromatic carbocycles. The van der Waals surface area contributed by atoms with Gasteiger partial charge in [0, 0.05) is 30.7 Å². The Morgan fingerprint density at radius 2 is 1.95 bits per heavy atom. The number of nitrogens with one attached hydrogen (secondary N) is 1. The number of hydrogen-bond acceptors (Lipinski definition) is 2. The summed E-state index contributed by atoms with van der Waals surface area (Å²) in [5, 5.41) is 3.58. The van der Waals surface area contributed by atoms with Gasteiger partial charge in [0.05, 0.1) is 0 Å². The van der Waals surface area contributed by atoms with Crippen LogP contribution >= 0.6 is 0 Å². The number of anilines is 1. The van der Waals surface area contributed by atoms with Gasteiger partial charge in [-0.15, -0.1) is 0 Å². The molecule has 3 aliphatic rings. The van der Waals surface area contributed by atoms with Crippen LogP contribution in [0.3, 0.4) is 0 Å². The molecule has 1 N–H and O–H groups in total. The molecule has 2 nitrogen and oxygen atoms in total. The van der Waals surface area contributed by atoms with Gasteiger partial charge in [-0.1, -0.05) is 25.5 Å². The van der Waals surface area contributed by atoms with Crippen LogP contribution in [0.15, 0.2) is 24.3 Å². The van der Waals surface area contributed by atoms with Gasteiger partial charge in [-0.25, -0.2) is 0 Å². The molecule has 1 aromatic rings. The summed E-state index contributed by atoms with van der Waals surface area (Å²) < 4.78 is 0. The van der Waals surface area contributed by atoms with Crippen LogP contribution in [0.25, 0.3) is 0 Å². The van der Waals surface area contributed by atoms with Crippen LogP contribution in [-0.2, 0) is 5.41 Å². The molecular formula is C17H24N2. The van der Waals surface area contributed by atoms with E-state index in [9.17, 15) is 0 Å². The third-order valence-electron chi connectivity index (χ3n) is 5.80. The lowest BCUT2D eigenvalue weighted by Gasteiger charge is -2.20. The molecule has 2 heteroatoms. The number of fused-ring (bicyclic) bond motifs is 1. The summed E-state index contributed by atoms with van der Waals surface area (Å²) in [6, 6.07) is 9.53. The highest BCUT2D eigenvalue weighted by Crippen LogP contribution is 2.63. The zero-order valence-corrected chi connectivity index (χ0v) is 11.9. The van der Waals surface area contributed by atoms with Crippen molar-refractivity contribution in [1.82, 2.24) is 5.32 Å². The van der Waals surface area contributed by atoms with E-state index in [0.29, 0.717) is 5.41 Å². The fourth-order valence-corrected chi connectivity index (χ4v) is 4.76. The summed E-state index contributed by atoms with van der Waals surface area (Å²) in [6.07, 6.45) is 4.05. The fraction of sp³-hybridized carbons (Fsp3) is 0.647. The Bertz CT molecular complexity index is 455. The highest BCUT2D eigenvalue weighted by molar-refractivity contribution is 5.51. The Morgan fingerprint density at radius 1 is 1.21 bits per heavy atom. The number of rotatable bonds is 3. The van der Waals surface area contributed by atoms with Gasteiger partial charge in [0.25, 0.3) is 0 Å². The first-order chi connectivity index (χ1) is 9.36. The maximum atomic E-state index is 3.58. The molecule has 3 atom stereocenters. The highest BCUT2D eigenvalue weighted by atomic mass is 15.1. The Hall–Kier alpha value is -1.02. The van der Waals surface area contributed by atoms with Gasteiger partial charge in [-0.3, -0.25) is 0 Å². The predicted octanol–water partition coefficient (Wildman–Crippen LogP) is 2.78. The van der Waals surface area contributed by atoms with Crippen LogP contribution in [0.5, 0.6) is 0 Å². The average molecular weight is 256 g/mol. The van der Waals surface area contributed by atoms with Crippen LogP contribution in [0.2, 0.25) is 0 Å². The maximum absolute atomic E-state index is 3.58. The van der Waals surface area contributed by atoms with Crippen molar-refractivity contribution in [3.8, 4) is 0 Å². The van der Waals surface area contributed by atoms with E-state index >= 15 is 0 Å². The van der Waals surface area contributed by atoms with E-state index in [0.717, 1.165) is 11.8 Å². The summed E-state index contributed by atoms with van der Waals surface area (Å²) >= 11 is 0. The minimum absolute atomic E-state index is 0.484. The topological polar surface area (TPSA) is 15.3 Å². The second-order valence-corrected chi connectivity index (χ2v) is 6.53. The summed E-state index contributed by atoms with van der Waals surface area (Å²) in [7, 11) is 0. The first-order valence-corrected chi connectivity index (χ1v) is 7.92. The quantitative estimate of drug-likeness (QED) is 0.894. The van der Waals surface area contributed by atoms with E-state index in [4.69, 9.17) is 0 Å². The molecule has 0 radical (unpaired) electrons. The van der Waals surface area contributed by atoms with Crippen molar-refractivity contribution in [2.24, 2.45) is 11.8 Å². The molecular weight excluding hydrogens is 232 g/mol. The molecule has 0 bridgehead atoms. The third-order valence-corrected chi connectivity index (χ3v) is 5.80. The largest absolute Gasteiger partial charge is 0.372 e. The molecule has 0 aromatic heterocycles. The highest BCUT2D eigenvalue weighted by Gasteiger charge is 2.66. The van der Waals surface area contributed by atoms with E-state index in [1.807, 2.05) is 0 Å². The minimum atomic E-state index is 0.484. The van der Waals surface area contributed by atoms with Crippen LogP contribution in [0.1, 0.15) is 31.7 Å². The van der Waals surface area contributed by atoms with Crippen LogP contribution in [0, 0.1) is 11.8 Å². The molecule has 3 fully saturated rings. The third kappa shape index (κ3) is 1.59. The van der Waals surface area contributed by atoms with Crippen molar-refractivity contribution in [3.05, 3.63) is 29.8 Å². The van der Waals surface area contributed by atoms with E-state index in [1.54, 1.807) is 5.56 Å². The lowest BCUT2D eigenvalue weighted by molar-refractivity contribution is 0.547. The molecule has 2 aliphatic heterocycles. The van der Waals surface area contributed by atoms with Crippen LogP contribution in [0.4, 0.5) is 5.69 Å². The molecule has 2 saturated heterocycles. The lowest BCUT2D eigenvalue weighted by atomic mass is 9.92. The van der Waals surface area contributed by atoms with Crippen molar-refractivity contribution >= 4 is 5.69 Å². The first-order valence-electron chi connectivity index (χ1n) is 7.92. The van der Waals surface area contributed by atoms with Crippen molar-refractivity contribution in [1.29, 1.82) is 0 Å². The molecule has 1 saturated carbocycles. The minimum Gasteiger partial charge on any atom is -0.372 e. The molecule has 3 unspecified atom stereocenters. The predicted molar refractivity (Wildman–Crippen MR) is 79.7 cm³/mol.